The van der Waals surface area contributed by atoms with Crippen LogP contribution in [0.5, 0.6) is 0 Å². The predicted octanol–water partition coefficient (Wildman–Crippen LogP) is 2.82. The minimum absolute atomic E-state index is 0.0314. The van der Waals surface area contributed by atoms with Gasteiger partial charge >= 0.3 is 5.97 Å². The molecule has 0 atom stereocenters. The van der Waals surface area contributed by atoms with E-state index in [1.165, 1.54) is 0 Å². The van der Waals surface area contributed by atoms with Gasteiger partial charge in [0.05, 0.1) is 5.56 Å². The standard InChI is InChI=1S/C21H22N2O4/c1-14-5-2-3-6-17(14)12-22-19(24)13-27-21(26)16-7-4-8-18(11-16)23-20(25)15-9-10-15/h2-8,11,15H,9-10,12-13H2,1H3,(H,22,24)(H,23,25). The van der Waals surface area contributed by atoms with Gasteiger partial charge in [0.1, 0.15) is 0 Å². The van der Waals surface area contributed by atoms with Gasteiger partial charge in [-0.05, 0) is 49.1 Å². The van der Waals surface area contributed by atoms with Crippen LogP contribution in [0.2, 0.25) is 0 Å². The number of rotatable bonds is 7. The van der Waals surface area contributed by atoms with Crippen LogP contribution in [-0.4, -0.2) is 24.4 Å². The van der Waals surface area contributed by atoms with Gasteiger partial charge in [-0.1, -0.05) is 30.3 Å². The van der Waals surface area contributed by atoms with Gasteiger partial charge in [-0.25, -0.2) is 4.79 Å². The number of carbonyl (C=O) groups is 3. The topological polar surface area (TPSA) is 84.5 Å². The molecule has 2 amide bonds. The summed E-state index contributed by atoms with van der Waals surface area (Å²) >= 11 is 0. The molecule has 0 saturated heterocycles. The highest BCUT2D eigenvalue weighted by molar-refractivity contribution is 5.96. The van der Waals surface area contributed by atoms with Crippen molar-refractivity contribution in [3.8, 4) is 0 Å². The Morgan fingerprint density at radius 2 is 1.85 bits per heavy atom. The quantitative estimate of drug-likeness (QED) is 0.738. The molecule has 0 unspecified atom stereocenters. The number of benzene rings is 2. The Hall–Kier alpha value is -3.15. The molecule has 27 heavy (non-hydrogen) atoms. The van der Waals surface area contributed by atoms with Gasteiger partial charge in [0.15, 0.2) is 6.61 Å². The van der Waals surface area contributed by atoms with E-state index in [9.17, 15) is 14.4 Å². The molecule has 0 aliphatic heterocycles. The van der Waals surface area contributed by atoms with Crippen molar-refractivity contribution in [1.29, 1.82) is 0 Å². The van der Waals surface area contributed by atoms with E-state index < -0.39 is 5.97 Å². The molecule has 1 aliphatic rings. The van der Waals surface area contributed by atoms with E-state index >= 15 is 0 Å². The SMILES string of the molecule is Cc1ccccc1CNC(=O)COC(=O)c1cccc(NC(=O)C2CC2)c1. The second kappa shape index (κ2) is 8.49. The van der Waals surface area contributed by atoms with E-state index in [-0.39, 0.29) is 29.9 Å². The van der Waals surface area contributed by atoms with Gasteiger partial charge in [0.2, 0.25) is 5.91 Å². The van der Waals surface area contributed by atoms with Crippen LogP contribution in [0.4, 0.5) is 5.69 Å². The fourth-order valence-corrected chi connectivity index (χ4v) is 2.58. The average Bonchev–Trinajstić information content (AvgIpc) is 3.51. The zero-order valence-electron chi connectivity index (χ0n) is 15.2. The molecule has 6 heteroatoms. The van der Waals surface area contributed by atoms with Crippen LogP contribution in [-0.2, 0) is 20.9 Å². The monoisotopic (exact) mass is 366 g/mol. The molecule has 1 saturated carbocycles. The van der Waals surface area contributed by atoms with Crippen molar-refractivity contribution in [1.82, 2.24) is 5.32 Å². The molecule has 1 fully saturated rings. The molecule has 0 heterocycles. The third-order valence-corrected chi connectivity index (χ3v) is 4.39. The third kappa shape index (κ3) is 5.41. The molecule has 0 aromatic heterocycles. The number of nitrogens with one attached hydrogen (secondary N) is 2. The van der Waals surface area contributed by atoms with E-state index in [1.807, 2.05) is 31.2 Å². The van der Waals surface area contributed by atoms with Crippen LogP contribution in [0, 0.1) is 12.8 Å². The Balaban J connectivity index is 1.47. The maximum atomic E-state index is 12.1. The molecule has 140 valence electrons. The second-order valence-electron chi connectivity index (χ2n) is 6.62. The summed E-state index contributed by atoms with van der Waals surface area (Å²) in [6.45, 7) is 1.99. The van der Waals surface area contributed by atoms with Crippen LogP contribution in [0.3, 0.4) is 0 Å². The first-order chi connectivity index (χ1) is 13.0. The number of hydrogen-bond acceptors (Lipinski definition) is 4. The summed E-state index contributed by atoms with van der Waals surface area (Å²) in [4.78, 5) is 35.9. The zero-order chi connectivity index (χ0) is 19.2. The number of esters is 1. The molecular weight excluding hydrogens is 344 g/mol. The van der Waals surface area contributed by atoms with E-state index in [0.29, 0.717) is 12.2 Å². The fourth-order valence-electron chi connectivity index (χ4n) is 2.58. The molecule has 0 spiro atoms. The Labute approximate surface area is 157 Å². The first-order valence-electron chi connectivity index (χ1n) is 8.92. The highest BCUT2D eigenvalue weighted by atomic mass is 16.5. The molecular formula is C21H22N2O4. The van der Waals surface area contributed by atoms with Gasteiger partial charge in [-0.3, -0.25) is 9.59 Å². The Bertz CT molecular complexity index is 859. The summed E-state index contributed by atoms with van der Waals surface area (Å²) in [7, 11) is 0. The van der Waals surface area contributed by atoms with E-state index in [2.05, 4.69) is 10.6 Å². The van der Waals surface area contributed by atoms with Crippen molar-refractivity contribution >= 4 is 23.5 Å². The number of aryl methyl sites for hydroxylation is 1. The van der Waals surface area contributed by atoms with E-state index in [4.69, 9.17) is 4.74 Å². The van der Waals surface area contributed by atoms with E-state index in [1.54, 1.807) is 24.3 Å². The van der Waals surface area contributed by atoms with Gasteiger partial charge in [-0.15, -0.1) is 0 Å². The maximum absolute atomic E-state index is 12.1. The molecule has 2 aromatic carbocycles. The van der Waals surface area contributed by atoms with Crippen LogP contribution >= 0.6 is 0 Å². The average molecular weight is 366 g/mol. The normalized spacial score (nSPS) is 12.9. The van der Waals surface area contributed by atoms with E-state index in [0.717, 1.165) is 24.0 Å². The predicted molar refractivity (Wildman–Crippen MR) is 101 cm³/mol. The summed E-state index contributed by atoms with van der Waals surface area (Å²) in [5.41, 5.74) is 2.93. The van der Waals surface area contributed by atoms with Crippen molar-refractivity contribution in [3.63, 3.8) is 0 Å². The number of hydrogen-bond donors (Lipinski definition) is 2. The molecule has 0 radical (unpaired) electrons. The molecule has 1 aliphatic carbocycles. The Kier molecular flexibility index (Phi) is 5.86. The van der Waals surface area contributed by atoms with Gasteiger partial charge in [0, 0.05) is 18.2 Å². The molecule has 2 aromatic rings. The first kappa shape index (κ1) is 18.6. The molecule has 3 rings (SSSR count). The lowest BCUT2D eigenvalue weighted by molar-refractivity contribution is -0.124. The van der Waals surface area contributed by atoms with Crippen molar-refractivity contribution in [2.45, 2.75) is 26.3 Å². The van der Waals surface area contributed by atoms with Gasteiger partial charge in [-0.2, -0.15) is 0 Å². The summed E-state index contributed by atoms with van der Waals surface area (Å²) in [6, 6.07) is 14.3. The van der Waals surface area contributed by atoms with Gasteiger partial charge in [0.25, 0.3) is 5.91 Å². The smallest absolute Gasteiger partial charge is 0.338 e. The second-order valence-corrected chi connectivity index (χ2v) is 6.62. The minimum atomic E-state index is -0.608. The Morgan fingerprint density at radius 1 is 1.07 bits per heavy atom. The molecule has 2 N–H and O–H groups in total. The van der Waals surface area contributed by atoms with Crippen LogP contribution < -0.4 is 10.6 Å². The van der Waals surface area contributed by atoms with Crippen LogP contribution in [0.15, 0.2) is 48.5 Å². The number of amides is 2. The number of carbonyl (C=O) groups excluding carboxylic acids is 3. The number of anilines is 1. The highest BCUT2D eigenvalue weighted by Gasteiger charge is 2.29. The lowest BCUT2D eigenvalue weighted by atomic mass is 10.1. The lowest BCUT2D eigenvalue weighted by Gasteiger charge is -2.09. The first-order valence-corrected chi connectivity index (χ1v) is 8.92. The largest absolute Gasteiger partial charge is 0.452 e. The van der Waals surface area contributed by atoms with Crippen molar-refractivity contribution in [3.05, 3.63) is 65.2 Å². The highest BCUT2D eigenvalue weighted by Crippen LogP contribution is 2.30. The summed E-state index contributed by atoms with van der Waals surface area (Å²) in [5.74, 6) is -0.929. The maximum Gasteiger partial charge on any atom is 0.338 e. The molecule has 0 bridgehead atoms. The van der Waals surface area contributed by atoms with Crippen molar-refractivity contribution in [2.75, 3.05) is 11.9 Å². The fraction of sp³-hybridized carbons (Fsp3) is 0.286. The summed E-state index contributed by atoms with van der Waals surface area (Å²) < 4.78 is 5.06. The van der Waals surface area contributed by atoms with Crippen LogP contribution in [0.1, 0.15) is 34.3 Å². The third-order valence-electron chi connectivity index (χ3n) is 4.39. The number of ether oxygens (including phenoxy) is 1. The van der Waals surface area contributed by atoms with Crippen molar-refractivity contribution < 1.29 is 19.1 Å². The van der Waals surface area contributed by atoms with Gasteiger partial charge < -0.3 is 15.4 Å². The lowest BCUT2D eigenvalue weighted by Crippen LogP contribution is -2.28. The van der Waals surface area contributed by atoms with Crippen LogP contribution in [0.25, 0.3) is 0 Å². The Morgan fingerprint density at radius 3 is 2.59 bits per heavy atom. The minimum Gasteiger partial charge on any atom is -0.452 e. The molecule has 6 nitrogen and oxygen atoms in total. The zero-order valence-corrected chi connectivity index (χ0v) is 15.2. The summed E-state index contributed by atoms with van der Waals surface area (Å²) in [5, 5.41) is 5.51. The van der Waals surface area contributed by atoms with Crippen molar-refractivity contribution in [2.24, 2.45) is 5.92 Å². The summed E-state index contributed by atoms with van der Waals surface area (Å²) in [6.07, 6.45) is 1.82.